The Labute approximate surface area is 292 Å². The summed E-state index contributed by atoms with van der Waals surface area (Å²) in [6.07, 6.45) is 7.70. The number of nitrogens with zero attached hydrogens (tertiary/aromatic N) is 1. The second kappa shape index (κ2) is 6.35. The van der Waals surface area contributed by atoms with Crippen molar-refractivity contribution in [3.63, 3.8) is 0 Å². The Morgan fingerprint density at radius 1 is 0.569 bits per heavy atom. The molecule has 7 aliphatic carbocycles. The van der Waals surface area contributed by atoms with E-state index < -0.39 is 0 Å². The van der Waals surface area contributed by atoms with Gasteiger partial charge in [0.15, 0.2) is 0 Å². The Hall–Kier alpha value is -4.72. The summed E-state index contributed by atoms with van der Waals surface area (Å²) >= 11 is 0. The van der Waals surface area contributed by atoms with Gasteiger partial charge in [-0.3, -0.25) is 4.90 Å². The summed E-state index contributed by atoms with van der Waals surface area (Å²) in [5.41, 5.74) is 15.8. The van der Waals surface area contributed by atoms with E-state index in [1.165, 1.54) is 31.4 Å². The van der Waals surface area contributed by atoms with E-state index in [0.717, 1.165) is 6.42 Å². The Balaban J connectivity index is 1.21. The van der Waals surface area contributed by atoms with Gasteiger partial charge in [0.1, 0.15) is 0 Å². The van der Waals surface area contributed by atoms with Crippen molar-refractivity contribution in [2.45, 2.75) is 67.7 Å². The Morgan fingerprint density at radius 2 is 1.24 bits per heavy atom. The molecule has 10 aromatic carbocycles. The highest BCUT2D eigenvalue weighted by Gasteiger charge is 2.71. The number of benzene rings is 8. The molecule has 1 aliphatic heterocycles. The third kappa shape index (κ3) is 1.75. The van der Waals surface area contributed by atoms with Crippen LogP contribution in [0.15, 0.2) is 54.6 Å². The zero-order valence-electron chi connectivity index (χ0n) is 28.6. The van der Waals surface area contributed by atoms with Crippen molar-refractivity contribution in [2.75, 3.05) is 13.6 Å². The van der Waals surface area contributed by atoms with Crippen LogP contribution in [0.2, 0.25) is 0 Å². The van der Waals surface area contributed by atoms with Crippen LogP contribution in [-0.2, 0) is 5.41 Å². The summed E-state index contributed by atoms with van der Waals surface area (Å²) in [5, 5.41) is 28.5. The zero-order chi connectivity index (χ0) is 32.1. The number of likely N-dealkylation sites (tertiary alicyclic amines) is 1. The molecule has 1 heteroatoms. The minimum Gasteiger partial charge on any atom is -0.298 e. The second-order valence-electron chi connectivity index (χ2n) is 19.1. The van der Waals surface area contributed by atoms with E-state index in [0.29, 0.717) is 29.7 Å². The van der Waals surface area contributed by atoms with Gasteiger partial charge >= 0.3 is 0 Å². The van der Waals surface area contributed by atoms with Crippen LogP contribution in [0.5, 0.6) is 0 Å². The molecule has 1 heterocycles. The first-order valence-electron chi connectivity index (χ1n) is 19.9. The van der Waals surface area contributed by atoms with E-state index in [9.17, 15) is 0 Å². The maximum Gasteiger partial charge on any atom is 0.0408 e. The largest absolute Gasteiger partial charge is 0.298 e. The molecule has 1 spiro atoms. The molecule has 7 atom stereocenters. The van der Waals surface area contributed by atoms with Gasteiger partial charge < -0.3 is 0 Å². The quantitative estimate of drug-likeness (QED) is 0.161. The highest BCUT2D eigenvalue weighted by molar-refractivity contribution is 6.57. The fraction of sp³-hybridized carbons (Fsp3) is 0.280. The number of hydrogen-bond donors (Lipinski definition) is 0. The maximum absolute atomic E-state index is 2.83. The van der Waals surface area contributed by atoms with Crippen molar-refractivity contribution in [2.24, 2.45) is 5.41 Å². The van der Waals surface area contributed by atoms with Gasteiger partial charge in [0, 0.05) is 35.8 Å². The van der Waals surface area contributed by atoms with Crippen LogP contribution in [0.25, 0.3) is 92.3 Å². The standard InChI is InChI=1S/C50H31N/c1-49-16-26-25-13-12-22-21-9-8-19-20-10-11-23-24-14-15-27-36-34(24)39-31(23)30(20)37-28(19)29(21)38-32(22)33(25)40-35(26)47(46(36)45-43(39)41(37)42(38)44(40)45)50(27,49)17-51(2)48(49)18-6-4-3-5-7-18/h3-8,10-13,21,24,26-27,48H,9,14-17H2,1-2H3/t21?,24?,26?,27?,48?,49?,50-/m0/s1. The number of fused-ring (bicyclic) bond motifs is 4. The van der Waals surface area contributed by atoms with E-state index in [2.05, 4.69) is 79.5 Å². The average Bonchev–Trinajstić information content (AvgIpc) is 3.99. The Kier molecular flexibility index (Phi) is 2.95. The van der Waals surface area contributed by atoms with Crippen LogP contribution in [-0.4, -0.2) is 18.5 Å². The van der Waals surface area contributed by atoms with Gasteiger partial charge in [0.2, 0.25) is 0 Å². The summed E-state index contributed by atoms with van der Waals surface area (Å²) < 4.78 is 0. The molecule has 0 bridgehead atoms. The van der Waals surface area contributed by atoms with E-state index in [4.69, 9.17) is 0 Å². The van der Waals surface area contributed by atoms with E-state index in [1.807, 2.05) is 11.1 Å². The molecule has 8 aliphatic rings. The van der Waals surface area contributed by atoms with Crippen molar-refractivity contribution < 1.29 is 0 Å². The van der Waals surface area contributed by atoms with Crippen molar-refractivity contribution >= 4 is 92.3 Å². The Bertz CT molecular complexity index is 3570. The molecule has 6 unspecified atom stereocenters. The predicted molar refractivity (Wildman–Crippen MR) is 209 cm³/mol. The summed E-state index contributed by atoms with van der Waals surface area (Å²) in [5.74, 6) is 2.13. The number of likely N-dealkylation sites (N-methyl/N-ethyl adjacent to an activating group) is 1. The Morgan fingerprint density at radius 3 is 2.08 bits per heavy atom. The van der Waals surface area contributed by atoms with Gasteiger partial charge in [0.25, 0.3) is 0 Å². The summed E-state index contributed by atoms with van der Waals surface area (Å²) in [4.78, 5) is 2.83. The van der Waals surface area contributed by atoms with Crippen molar-refractivity contribution in [1.29, 1.82) is 0 Å². The molecular formula is C50H31N. The lowest BCUT2D eigenvalue weighted by molar-refractivity contribution is 0.0898. The smallest absolute Gasteiger partial charge is 0.0408 e. The molecule has 51 heavy (non-hydrogen) atoms. The van der Waals surface area contributed by atoms with Crippen LogP contribution >= 0.6 is 0 Å². The molecule has 18 rings (SSSR count). The SMILES string of the molecule is CN1C[C@@]23c4c5c6c7c(ccc8c7c7c9c%10c(c%11ccc%12c%13c%14c%15c(c4c4c6c7c(c%10c%11%13)c%144)C2CCC%12%15)=CCC89)C5CC3(C)C1c1ccccc1. The third-order valence-corrected chi connectivity index (χ3v) is 18.1. The van der Waals surface area contributed by atoms with Crippen LogP contribution in [0, 0.1) is 5.41 Å². The fourth-order valence-electron chi connectivity index (χ4n) is 17.4. The minimum atomic E-state index is 0.122. The second-order valence-corrected chi connectivity index (χ2v) is 19.1. The molecule has 1 fully saturated rings. The molecule has 0 amide bonds. The van der Waals surface area contributed by atoms with Crippen molar-refractivity contribution in [3.05, 3.63) is 110 Å². The first-order chi connectivity index (χ1) is 25.1. The minimum absolute atomic E-state index is 0.122. The number of hydrogen-bond acceptors (Lipinski definition) is 1. The van der Waals surface area contributed by atoms with Gasteiger partial charge in [-0.25, -0.2) is 0 Å². The molecule has 1 saturated heterocycles. The van der Waals surface area contributed by atoms with Gasteiger partial charge in [-0.2, -0.15) is 0 Å². The molecule has 10 aromatic rings. The first-order valence-corrected chi connectivity index (χ1v) is 19.9. The molecular weight excluding hydrogens is 615 g/mol. The van der Waals surface area contributed by atoms with E-state index in [1.54, 1.807) is 125 Å². The predicted octanol–water partition coefficient (Wildman–Crippen LogP) is 11.1. The van der Waals surface area contributed by atoms with Gasteiger partial charge in [0.05, 0.1) is 0 Å². The summed E-state index contributed by atoms with van der Waals surface area (Å²) in [7, 11) is 2.49. The van der Waals surface area contributed by atoms with Crippen LogP contribution in [0.1, 0.15) is 112 Å². The number of rotatable bonds is 1. The van der Waals surface area contributed by atoms with Crippen molar-refractivity contribution in [3.8, 4) is 0 Å². The lowest BCUT2D eigenvalue weighted by atomic mass is 9.48. The topological polar surface area (TPSA) is 3.24 Å². The lowest BCUT2D eigenvalue weighted by Gasteiger charge is -2.54. The average molecular weight is 646 g/mol. The molecule has 0 radical (unpaired) electrons. The van der Waals surface area contributed by atoms with E-state index >= 15 is 0 Å². The summed E-state index contributed by atoms with van der Waals surface area (Å²) in [6, 6.07) is 22.6. The van der Waals surface area contributed by atoms with Crippen LogP contribution < -0.4 is 5.22 Å². The lowest BCUT2D eigenvalue weighted by Crippen LogP contribution is -2.50. The van der Waals surface area contributed by atoms with Gasteiger partial charge in [-0.15, -0.1) is 0 Å². The van der Waals surface area contributed by atoms with Crippen LogP contribution in [0.3, 0.4) is 0 Å². The van der Waals surface area contributed by atoms with E-state index in [-0.39, 0.29) is 10.8 Å². The van der Waals surface area contributed by atoms with Gasteiger partial charge in [-0.1, -0.05) is 67.6 Å². The van der Waals surface area contributed by atoms with Gasteiger partial charge in [-0.05, 0) is 186 Å². The first kappa shape index (κ1) is 23.7. The monoisotopic (exact) mass is 645 g/mol. The van der Waals surface area contributed by atoms with Crippen molar-refractivity contribution in [1.82, 2.24) is 4.90 Å². The maximum atomic E-state index is 2.83. The molecule has 0 aromatic heterocycles. The highest BCUT2D eigenvalue weighted by Crippen LogP contribution is 2.80. The summed E-state index contributed by atoms with van der Waals surface area (Å²) in [6.45, 7) is 3.96. The molecule has 0 N–H and O–H groups in total. The normalized spacial score (nSPS) is 32.5. The fourth-order valence-corrected chi connectivity index (χ4v) is 17.4. The van der Waals surface area contributed by atoms with Crippen LogP contribution in [0.4, 0.5) is 0 Å². The zero-order valence-corrected chi connectivity index (χ0v) is 28.6. The third-order valence-electron chi connectivity index (χ3n) is 18.1. The molecule has 0 saturated carbocycles. The molecule has 236 valence electrons. The molecule has 1 nitrogen and oxygen atoms in total. The highest BCUT2D eigenvalue weighted by atomic mass is 15.2.